The van der Waals surface area contributed by atoms with Crippen LogP contribution in [0.1, 0.15) is 5.56 Å². The van der Waals surface area contributed by atoms with E-state index in [0.29, 0.717) is 35.4 Å². The van der Waals surface area contributed by atoms with Gasteiger partial charge >= 0.3 is 0 Å². The van der Waals surface area contributed by atoms with Crippen molar-refractivity contribution in [2.45, 2.75) is 11.7 Å². The van der Waals surface area contributed by atoms with Crippen molar-refractivity contribution in [1.29, 1.82) is 0 Å². The zero-order valence-electron chi connectivity index (χ0n) is 14.4. The van der Waals surface area contributed by atoms with Gasteiger partial charge in [-0.05, 0) is 30.2 Å². The van der Waals surface area contributed by atoms with Gasteiger partial charge < -0.3 is 9.64 Å². The van der Waals surface area contributed by atoms with E-state index in [1.54, 1.807) is 12.3 Å². The van der Waals surface area contributed by atoms with Crippen LogP contribution in [0, 0.1) is 0 Å². The van der Waals surface area contributed by atoms with Gasteiger partial charge in [0.25, 0.3) is 5.24 Å². The molecular formula is C18H17Cl2N3O3S. The van der Waals surface area contributed by atoms with E-state index in [-0.39, 0.29) is 16.4 Å². The summed E-state index contributed by atoms with van der Waals surface area (Å²) in [5, 5.41) is 2.62. The lowest BCUT2D eigenvalue weighted by Crippen LogP contribution is -2.25. The number of imide groups is 1. The topological polar surface area (TPSA) is 71.5 Å². The third-order valence-electron chi connectivity index (χ3n) is 3.96. The first-order valence-electron chi connectivity index (χ1n) is 8.18. The molecule has 1 aromatic heterocycles. The number of nitrogens with zero attached hydrogens (tertiary/aromatic N) is 2. The van der Waals surface area contributed by atoms with Crippen molar-refractivity contribution in [2.24, 2.45) is 0 Å². The van der Waals surface area contributed by atoms with E-state index in [9.17, 15) is 9.59 Å². The van der Waals surface area contributed by atoms with Gasteiger partial charge in [-0.3, -0.25) is 14.9 Å². The number of halogens is 2. The highest BCUT2D eigenvalue weighted by Crippen LogP contribution is 2.25. The minimum Gasteiger partial charge on any atom is -0.492 e. The van der Waals surface area contributed by atoms with Crippen LogP contribution in [0.15, 0.2) is 36.5 Å². The molecule has 0 spiro atoms. The highest BCUT2D eigenvalue weighted by Gasteiger charge is 2.31. The zero-order valence-corrected chi connectivity index (χ0v) is 16.8. The minimum absolute atomic E-state index is 0.233. The quantitative estimate of drug-likeness (QED) is 0.727. The van der Waals surface area contributed by atoms with Crippen molar-refractivity contribution in [1.82, 2.24) is 10.3 Å². The number of amides is 2. The van der Waals surface area contributed by atoms with Gasteiger partial charge in [0.15, 0.2) is 0 Å². The second kappa shape index (κ2) is 8.82. The fourth-order valence-corrected chi connectivity index (χ4v) is 3.94. The number of carbonyl (C=O) groups is 2. The molecule has 142 valence electrons. The number of carbonyl (C=O) groups excluding carboxylic acids is 2. The molecule has 1 saturated heterocycles. The molecule has 27 heavy (non-hydrogen) atoms. The lowest BCUT2D eigenvalue weighted by atomic mass is 10.1. The van der Waals surface area contributed by atoms with E-state index in [4.69, 9.17) is 27.9 Å². The molecule has 1 aliphatic heterocycles. The summed E-state index contributed by atoms with van der Waals surface area (Å²) in [4.78, 5) is 28.9. The maximum absolute atomic E-state index is 11.6. The third-order valence-corrected chi connectivity index (χ3v) is 5.42. The van der Waals surface area contributed by atoms with Crippen molar-refractivity contribution < 1.29 is 14.3 Å². The van der Waals surface area contributed by atoms with Crippen molar-refractivity contribution in [2.75, 3.05) is 25.1 Å². The van der Waals surface area contributed by atoms with Crippen molar-refractivity contribution >= 4 is 51.9 Å². The Hall–Kier alpha value is -1.96. The van der Waals surface area contributed by atoms with E-state index in [1.165, 1.54) is 0 Å². The van der Waals surface area contributed by atoms with Crippen LogP contribution >= 0.6 is 35.0 Å². The fourth-order valence-electron chi connectivity index (χ4n) is 2.56. The summed E-state index contributed by atoms with van der Waals surface area (Å²) < 4.78 is 5.75. The van der Waals surface area contributed by atoms with Crippen LogP contribution in [-0.2, 0) is 11.2 Å². The number of rotatable bonds is 7. The number of anilines is 1. The van der Waals surface area contributed by atoms with Crippen LogP contribution in [0.5, 0.6) is 5.75 Å². The summed E-state index contributed by atoms with van der Waals surface area (Å²) in [6.07, 6.45) is 2.06. The molecule has 3 rings (SSSR count). The Kier molecular flexibility index (Phi) is 6.46. The van der Waals surface area contributed by atoms with Gasteiger partial charge in [0, 0.05) is 13.2 Å². The maximum Gasteiger partial charge on any atom is 0.286 e. The predicted octanol–water partition coefficient (Wildman–Crippen LogP) is 3.80. The number of pyridine rings is 1. The van der Waals surface area contributed by atoms with E-state index in [1.807, 2.05) is 36.2 Å². The Morgan fingerprint density at radius 3 is 2.63 bits per heavy atom. The molecular weight excluding hydrogens is 409 g/mol. The summed E-state index contributed by atoms with van der Waals surface area (Å²) in [7, 11) is 1.88. The molecule has 2 heterocycles. The van der Waals surface area contributed by atoms with Crippen LogP contribution in [0.25, 0.3) is 0 Å². The molecule has 0 saturated carbocycles. The summed E-state index contributed by atoms with van der Waals surface area (Å²) in [5.74, 6) is 1.13. The standard InChI is InChI=1S/C18H17Cl2N3O3S/c1-23(16-14(20)9-12(19)10-21-16)6-7-26-13-4-2-11(3-5-13)8-15-17(24)22-18(25)27-15/h2-5,9-10,15H,6-8H2,1H3,(H,22,24,25)/t15-/m1/s1. The molecule has 9 heteroatoms. The van der Waals surface area contributed by atoms with Crippen LogP contribution in [0.2, 0.25) is 10.0 Å². The van der Waals surface area contributed by atoms with Gasteiger partial charge in [-0.1, -0.05) is 47.1 Å². The average molecular weight is 426 g/mol. The van der Waals surface area contributed by atoms with Crippen molar-refractivity contribution in [3.63, 3.8) is 0 Å². The number of benzene rings is 1. The molecule has 2 aromatic rings. The Morgan fingerprint density at radius 2 is 2.00 bits per heavy atom. The summed E-state index contributed by atoms with van der Waals surface area (Å²) in [6.45, 7) is 1.04. The molecule has 6 nitrogen and oxygen atoms in total. The molecule has 1 atom stereocenters. The van der Waals surface area contributed by atoms with Gasteiger partial charge in [-0.15, -0.1) is 0 Å². The number of thioether (sulfide) groups is 1. The molecule has 1 aromatic carbocycles. The number of likely N-dealkylation sites (N-methyl/N-ethyl adjacent to an activating group) is 1. The van der Waals surface area contributed by atoms with Gasteiger partial charge in [-0.25, -0.2) is 4.98 Å². The lowest BCUT2D eigenvalue weighted by molar-refractivity contribution is -0.118. The van der Waals surface area contributed by atoms with Gasteiger partial charge in [0.05, 0.1) is 21.8 Å². The Balaban J connectivity index is 1.48. The summed E-state index contributed by atoms with van der Waals surface area (Å²) in [6, 6.07) is 9.14. The van der Waals surface area contributed by atoms with Crippen LogP contribution < -0.4 is 15.0 Å². The highest BCUT2D eigenvalue weighted by molar-refractivity contribution is 8.15. The van der Waals surface area contributed by atoms with Gasteiger partial charge in [0.2, 0.25) is 5.91 Å². The number of aromatic nitrogens is 1. The Morgan fingerprint density at radius 1 is 1.26 bits per heavy atom. The molecule has 2 amide bonds. The number of hydrogen-bond donors (Lipinski definition) is 1. The first kappa shape index (κ1) is 19.8. The fraction of sp³-hybridized carbons (Fsp3) is 0.278. The molecule has 1 aliphatic rings. The first-order chi connectivity index (χ1) is 12.9. The second-order valence-electron chi connectivity index (χ2n) is 5.96. The predicted molar refractivity (Wildman–Crippen MR) is 108 cm³/mol. The van der Waals surface area contributed by atoms with E-state index in [0.717, 1.165) is 23.1 Å². The molecule has 0 bridgehead atoms. The van der Waals surface area contributed by atoms with Gasteiger partial charge in [0.1, 0.15) is 18.2 Å². The summed E-state index contributed by atoms with van der Waals surface area (Å²) >= 11 is 13.0. The lowest BCUT2D eigenvalue weighted by Gasteiger charge is -2.19. The number of ether oxygens (including phenoxy) is 1. The molecule has 0 unspecified atom stereocenters. The molecule has 0 aliphatic carbocycles. The number of nitrogens with one attached hydrogen (secondary N) is 1. The Bertz CT molecular complexity index is 848. The van der Waals surface area contributed by atoms with Crippen molar-refractivity contribution in [3.8, 4) is 5.75 Å². The summed E-state index contributed by atoms with van der Waals surface area (Å²) in [5.41, 5.74) is 0.971. The van der Waals surface area contributed by atoms with E-state index >= 15 is 0 Å². The smallest absolute Gasteiger partial charge is 0.286 e. The SMILES string of the molecule is CN(CCOc1ccc(C[C@H]2SC(=O)NC2=O)cc1)c1ncc(Cl)cc1Cl. The van der Waals surface area contributed by atoms with Crippen LogP contribution in [0.3, 0.4) is 0 Å². The monoisotopic (exact) mass is 425 g/mol. The highest BCUT2D eigenvalue weighted by atomic mass is 35.5. The average Bonchev–Trinajstić information content (AvgIpc) is 2.93. The van der Waals surface area contributed by atoms with Crippen LogP contribution in [-0.4, -0.2) is 41.6 Å². The largest absolute Gasteiger partial charge is 0.492 e. The van der Waals surface area contributed by atoms with Gasteiger partial charge in [-0.2, -0.15) is 0 Å². The second-order valence-corrected chi connectivity index (χ2v) is 7.98. The van der Waals surface area contributed by atoms with E-state index < -0.39 is 0 Å². The zero-order chi connectivity index (χ0) is 19.4. The molecule has 0 radical (unpaired) electrons. The molecule has 1 fully saturated rings. The van der Waals surface area contributed by atoms with Crippen molar-refractivity contribution in [3.05, 3.63) is 52.1 Å². The first-order valence-corrected chi connectivity index (χ1v) is 9.81. The Labute approximate surface area is 171 Å². The minimum atomic E-state index is -0.366. The third kappa shape index (κ3) is 5.28. The molecule has 1 N–H and O–H groups in total. The van der Waals surface area contributed by atoms with Crippen LogP contribution in [0.4, 0.5) is 10.6 Å². The maximum atomic E-state index is 11.6. The van der Waals surface area contributed by atoms with E-state index in [2.05, 4.69) is 10.3 Å². The number of hydrogen-bond acceptors (Lipinski definition) is 6. The normalized spacial score (nSPS) is 16.3.